The molecule has 6 nitrogen and oxygen atoms in total. The van der Waals surface area contributed by atoms with Crippen LogP contribution in [0.1, 0.15) is 0 Å². The van der Waals surface area contributed by atoms with E-state index >= 15 is 0 Å². The van der Waals surface area contributed by atoms with Gasteiger partial charge in [0.25, 0.3) is 0 Å². The van der Waals surface area contributed by atoms with Gasteiger partial charge in [-0.25, -0.2) is 9.59 Å². The Bertz CT molecular complexity index is 167. The molecule has 0 radical (unpaired) electrons. The number of primary amides is 1. The van der Waals surface area contributed by atoms with Crippen LogP contribution in [0.4, 0.5) is 9.59 Å². The van der Waals surface area contributed by atoms with Crippen LogP contribution in [0.15, 0.2) is 0 Å². The molecule has 0 unspecified atom stereocenters. The Morgan fingerprint density at radius 2 is 2.10 bits per heavy atom. The smallest absolute Gasteiger partial charge is 0.331 e. The maximum atomic E-state index is 10.5. The van der Waals surface area contributed by atoms with E-state index in [-0.39, 0.29) is 6.41 Å². The molecular formula is C4H7N3O3. The van der Waals surface area contributed by atoms with Crippen LogP contribution in [0.2, 0.25) is 0 Å². The number of imide groups is 2. The molecule has 0 heterocycles. The molecule has 0 aromatic rings. The number of carbonyl (C=O) groups is 3. The number of nitrogens with two attached hydrogens (primary N) is 1. The van der Waals surface area contributed by atoms with E-state index in [2.05, 4.69) is 5.73 Å². The van der Waals surface area contributed by atoms with E-state index in [0.29, 0.717) is 4.90 Å². The van der Waals surface area contributed by atoms with Gasteiger partial charge in [-0.15, -0.1) is 0 Å². The second kappa shape index (κ2) is 3.44. The zero-order chi connectivity index (χ0) is 8.15. The summed E-state index contributed by atoms with van der Waals surface area (Å²) in [5.41, 5.74) is 4.57. The lowest BCUT2D eigenvalue weighted by Gasteiger charge is -2.06. The molecule has 0 bridgehead atoms. The number of carbonyl (C=O) groups excluding carboxylic acids is 3. The topological polar surface area (TPSA) is 92.5 Å². The number of nitrogens with one attached hydrogen (secondary N) is 1. The first-order chi connectivity index (χ1) is 4.57. The summed E-state index contributed by atoms with van der Waals surface area (Å²) in [5.74, 6) is 0. The van der Waals surface area contributed by atoms with Crippen molar-refractivity contribution in [2.75, 3.05) is 7.05 Å². The zero-order valence-electron chi connectivity index (χ0n) is 5.33. The lowest BCUT2D eigenvalue weighted by molar-refractivity contribution is -0.114. The van der Waals surface area contributed by atoms with Crippen LogP contribution in [0.3, 0.4) is 0 Å². The van der Waals surface area contributed by atoms with Crippen molar-refractivity contribution in [3.05, 3.63) is 0 Å². The number of rotatable bonds is 1. The van der Waals surface area contributed by atoms with Crippen molar-refractivity contribution < 1.29 is 14.4 Å². The molecule has 5 amide bonds. The van der Waals surface area contributed by atoms with Crippen molar-refractivity contribution in [1.82, 2.24) is 10.2 Å². The summed E-state index contributed by atoms with van der Waals surface area (Å²) in [6, 6.07) is -1.83. The van der Waals surface area contributed by atoms with Gasteiger partial charge in [0.1, 0.15) is 0 Å². The molecule has 0 saturated carbocycles. The Balaban J connectivity index is 3.84. The number of hydrogen-bond donors (Lipinski definition) is 2. The zero-order valence-corrected chi connectivity index (χ0v) is 5.33. The average molecular weight is 145 g/mol. The van der Waals surface area contributed by atoms with Crippen molar-refractivity contribution in [3.8, 4) is 0 Å². The van der Waals surface area contributed by atoms with Gasteiger partial charge < -0.3 is 5.73 Å². The fourth-order valence-corrected chi connectivity index (χ4v) is 0.241. The van der Waals surface area contributed by atoms with Crippen LogP contribution in [0.5, 0.6) is 0 Å². The Kier molecular flexibility index (Phi) is 2.89. The standard InChI is InChI=1S/C4H7N3O3/c1-7(2-8)4(10)6-3(5)9/h2H,1H3,(H3,5,6,9,10). The molecule has 0 rings (SSSR count). The van der Waals surface area contributed by atoms with E-state index in [0.717, 1.165) is 0 Å². The molecule has 0 aliphatic rings. The maximum Gasteiger partial charge on any atom is 0.331 e. The fourth-order valence-electron chi connectivity index (χ4n) is 0.241. The summed E-state index contributed by atoms with van der Waals surface area (Å²) in [5, 5.41) is 1.69. The minimum atomic E-state index is -0.987. The van der Waals surface area contributed by atoms with Gasteiger partial charge >= 0.3 is 12.1 Å². The third-order valence-corrected chi connectivity index (χ3v) is 0.709. The highest BCUT2D eigenvalue weighted by molar-refractivity contribution is 5.96. The van der Waals surface area contributed by atoms with Gasteiger partial charge in [0.05, 0.1) is 0 Å². The number of amides is 5. The van der Waals surface area contributed by atoms with E-state index in [1.165, 1.54) is 7.05 Å². The monoisotopic (exact) mass is 145 g/mol. The first kappa shape index (κ1) is 8.41. The SMILES string of the molecule is CN(C=O)C(=O)NC(N)=O. The summed E-state index contributed by atoms with van der Waals surface area (Å²) >= 11 is 0. The van der Waals surface area contributed by atoms with Crippen molar-refractivity contribution in [2.45, 2.75) is 0 Å². The Labute approximate surface area is 57.0 Å². The highest BCUT2D eigenvalue weighted by Gasteiger charge is 2.07. The van der Waals surface area contributed by atoms with Crippen LogP contribution in [-0.2, 0) is 4.79 Å². The van der Waals surface area contributed by atoms with Gasteiger partial charge in [0.2, 0.25) is 6.41 Å². The molecule has 0 aliphatic carbocycles. The largest absolute Gasteiger partial charge is 0.351 e. The fraction of sp³-hybridized carbons (Fsp3) is 0.250. The Morgan fingerprint density at radius 3 is 2.40 bits per heavy atom. The second-order valence-corrected chi connectivity index (χ2v) is 1.51. The van der Waals surface area contributed by atoms with Crippen molar-refractivity contribution >= 4 is 18.5 Å². The Hall–Kier alpha value is -1.59. The van der Waals surface area contributed by atoms with Gasteiger partial charge in [-0.1, -0.05) is 0 Å². The molecule has 0 aliphatic heterocycles. The third-order valence-electron chi connectivity index (χ3n) is 0.709. The molecule has 0 atom stereocenters. The lowest BCUT2D eigenvalue weighted by Crippen LogP contribution is -2.42. The van der Waals surface area contributed by atoms with Crippen molar-refractivity contribution in [1.29, 1.82) is 0 Å². The summed E-state index contributed by atoms with van der Waals surface area (Å²) in [4.78, 5) is 30.9. The number of urea groups is 2. The van der Waals surface area contributed by atoms with Gasteiger partial charge in [0, 0.05) is 7.05 Å². The summed E-state index contributed by atoms with van der Waals surface area (Å²) in [6.45, 7) is 0. The molecular weight excluding hydrogens is 138 g/mol. The average Bonchev–Trinajstić information content (AvgIpc) is 1.85. The quantitative estimate of drug-likeness (QED) is 0.457. The van der Waals surface area contributed by atoms with E-state index < -0.39 is 12.1 Å². The highest BCUT2D eigenvalue weighted by Crippen LogP contribution is 1.75. The van der Waals surface area contributed by atoms with Crippen LogP contribution in [0.25, 0.3) is 0 Å². The highest BCUT2D eigenvalue weighted by atomic mass is 16.2. The van der Waals surface area contributed by atoms with Gasteiger partial charge in [-0.3, -0.25) is 15.0 Å². The van der Waals surface area contributed by atoms with E-state index in [1.54, 1.807) is 5.32 Å². The molecule has 6 heteroatoms. The minimum absolute atomic E-state index is 0.262. The van der Waals surface area contributed by atoms with E-state index in [9.17, 15) is 14.4 Å². The lowest BCUT2D eigenvalue weighted by atomic mass is 10.8. The molecule has 0 saturated heterocycles. The van der Waals surface area contributed by atoms with Gasteiger partial charge in [0.15, 0.2) is 0 Å². The third kappa shape index (κ3) is 2.65. The first-order valence-electron chi connectivity index (χ1n) is 2.36. The summed E-state index contributed by atoms with van der Waals surface area (Å²) < 4.78 is 0. The van der Waals surface area contributed by atoms with Crippen LogP contribution in [0, 0.1) is 0 Å². The summed E-state index contributed by atoms with van der Waals surface area (Å²) in [7, 11) is 1.20. The van der Waals surface area contributed by atoms with Crippen LogP contribution >= 0.6 is 0 Å². The molecule has 0 aromatic carbocycles. The molecule has 0 fully saturated rings. The Morgan fingerprint density at radius 1 is 1.60 bits per heavy atom. The second-order valence-electron chi connectivity index (χ2n) is 1.51. The van der Waals surface area contributed by atoms with Gasteiger partial charge in [-0.2, -0.15) is 0 Å². The molecule has 3 N–H and O–H groups in total. The molecule has 10 heavy (non-hydrogen) atoms. The minimum Gasteiger partial charge on any atom is -0.351 e. The van der Waals surface area contributed by atoms with Crippen LogP contribution < -0.4 is 11.1 Å². The summed E-state index contributed by atoms with van der Waals surface area (Å²) in [6.07, 6.45) is 0.262. The predicted molar refractivity (Wildman–Crippen MR) is 31.9 cm³/mol. The number of hydrogen-bond acceptors (Lipinski definition) is 3. The normalized spacial score (nSPS) is 8.10. The van der Waals surface area contributed by atoms with Crippen molar-refractivity contribution in [2.24, 2.45) is 5.73 Å². The first-order valence-corrected chi connectivity index (χ1v) is 2.36. The van der Waals surface area contributed by atoms with E-state index in [4.69, 9.17) is 0 Å². The van der Waals surface area contributed by atoms with Gasteiger partial charge in [-0.05, 0) is 0 Å². The van der Waals surface area contributed by atoms with Crippen molar-refractivity contribution in [3.63, 3.8) is 0 Å². The van der Waals surface area contributed by atoms with E-state index in [1.807, 2.05) is 0 Å². The molecule has 0 aromatic heterocycles. The molecule has 0 spiro atoms. The predicted octanol–water partition coefficient (Wildman–Crippen LogP) is -1.14. The molecule has 56 valence electrons. The number of nitrogens with zero attached hydrogens (tertiary/aromatic N) is 1. The van der Waals surface area contributed by atoms with Crippen LogP contribution in [-0.4, -0.2) is 30.4 Å². The maximum absolute atomic E-state index is 10.5.